The number of rotatable bonds is 1. The summed E-state index contributed by atoms with van der Waals surface area (Å²) < 4.78 is 32.4. The molecule has 0 aromatic carbocycles. The number of pyridine rings is 2. The number of carbonyl (C=O) groups is 3. The Morgan fingerprint density at radius 2 is 1.79 bits per heavy atom. The van der Waals surface area contributed by atoms with E-state index < -0.39 is 12.6 Å². The Balaban J connectivity index is 0. The molecule has 1 atom stereocenters. The van der Waals surface area contributed by atoms with Crippen LogP contribution in [0.15, 0.2) is 30.5 Å². The molecular formula is C29H37F3N4O3. The molecular weight excluding hydrogens is 509 g/mol. The van der Waals surface area contributed by atoms with Gasteiger partial charge in [-0.1, -0.05) is 32.6 Å². The number of hydrogen-bond donors (Lipinski definition) is 0. The van der Waals surface area contributed by atoms with Crippen molar-refractivity contribution in [2.75, 3.05) is 22.9 Å². The van der Waals surface area contributed by atoms with E-state index >= 15 is 0 Å². The molecule has 2 aromatic heterocycles. The van der Waals surface area contributed by atoms with Gasteiger partial charge in [0.25, 0.3) is 0 Å². The number of halogens is 3. The Kier molecular flexibility index (Phi) is 12.9. The first-order chi connectivity index (χ1) is 18.4. The third-order valence-electron chi connectivity index (χ3n) is 5.34. The van der Waals surface area contributed by atoms with E-state index in [2.05, 4.69) is 32.6 Å². The molecule has 2 bridgehead atoms. The number of Topliss-reactive ketones (excluding diaryl/α,β-unsaturated/α-hetero) is 2. The predicted octanol–water partition coefficient (Wildman–Crippen LogP) is 5.71. The minimum atomic E-state index is -3.96. The number of amides is 1. The molecule has 2 aromatic rings. The summed E-state index contributed by atoms with van der Waals surface area (Å²) >= 11 is 0. The highest BCUT2D eigenvalue weighted by atomic mass is 19.4. The fraction of sp³-hybridized carbons (Fsp3) is 0.414. The molecule has 2 aliphatic heterocycles. The van der Waals surface area contributed by atoms with Crippen LogP contribution in [0, 0.1) is 24.2 Å². The van der Waals surface area contributed by atoms with Gasteiger partial charge in [-0.2, -0.15) is 13.2 Å². The fourth-order valence-electron chi connectivity index (χ4n) is 3.56. The van der Waals surface area contributed by atoms with Gasteiger partial charge < -0.3 is 4.90 Å². The van der Waals surface area contributed by atoms with E-state index in [4.69, 9.17) is 6.42 Å². The monoisotopic (exact) mass is 546 g/mol. The molecule has 7 nitrogen and oxygen atoms in total. The van der Waals surface area contributed by atoms with Crippen molar-refractivity contribution in [2.45, 2.75) is 66.6 Å². The van der Waals surface area contributed by atoms with Gasteiger partial charge in [0.15, 0.2) is 11.6 Å². The van der Waals surface area contributed by atoms with Gasteiger partial charge in [0, 0.05) is 54.9 Å². The number of anilines is 2. The van der Waals surface area contributed by atoms with Crippen molar-refractivity contribution < 1.29 is 30.4 Å². The zero-order chi connectivity index (χ0) is 29.8. The van der Waals surface area contributed by atoms with Crippen LogP contribution in [0.5, 0.6) is 0 Å². The maximum atomic E-state index is 11.8. The summed E-state index contributed by atoms with van der Waals surface area (Å²) in [7, 11) is 0. The van der Waals surface area contributed by atoms with Gasteiger partial charge in [-0.15, -0.1) is 6.42 Å². The van der Waals surface area contributed by atoms with Crippen LogP contribution in [0.4, 0.5) is 24.7 Å². The van der Waals surface area contributed by atoms with E-state index in [0.29, 0.717) is 22.8 Å². The van der Waals surface area contributed by atoms with Crippen molar-refractivity contribution in [1.82, 2.24) is 9.97 Å². The van der Waals surface area contributed by atoms with Gasteiger partial charge in [0.05, 0.1) is 11.7 Å². The van der Waals surface area contributed by atoms with Crippen molar-refractivity contribution in [3.63, 3.8) is 0 Å². The molecule has 39 heavy (non-hydrogen) atoms. The Hall–Kier alpha value is -4.18. The second kappa shape index (κ2) is 15.3. The van der Waals surface area contributed by atoms with Gasteiger partial charge in [-0.3, -0.25) is 19.3 Å². The summed E-state index contributed by atoms with van der Waals surface area (Å²) in [4.78, 5) is 46.0. The maximum Gasteiger partial charge on any atom is 0.388 e. The first-order valence-electron chi connectivity index (χ1n) is 12.4. The Morgan fingerprint density at radius 1 is 1.15 bits per heavy atom. The molecule has 212 valence electrons. The molecule has 1 fully saturated rings. The number of ketones is 2. The highest BCUT2D eigenvalue weighted by Gasteiger charge is 2.38. The van der Waals surface area contributed by atoms with Crippen molar-refractivity contribution in [3.05, 3.63) is 47.4 Å². The summed E-state index contributed by atoms with van der Waals surface area (Å²) in [6.07, 6.45) is 2.99. The molecule has 4 heterocycles. The summed E-state index contributed by atoms with van der Waals surface area (Å²) in [5, 5.41) is 0. The zero-order valence-corrected chi connectivity index (χ0v) is 23.0. The van der Waals surface area contributed by atoms with Crippen LogP contribution < -0.4 is 9.80 Å². The number of carbonyl (C=O) groups excluding carboxylic acids is 3. The zero-order valence-electron chi connectivity index (χ0n) is 23.0. The molecule has 0 spiro atoms. The standard InChI is InChI=1S/C13H15N3O2.C11H7NO.C3H5F3.C2H6.2H2/c1-8(17)11-3-4-12-13(14-11)16(9(2)18)10-5-6-15(12)7-10;1-3-11-8-10(6-7-12-11)5-4-9(2)13;1-2-3(4,5)6;1-2;;/h3-4,10H,5-7H2,1-2H3;1,6-8H,2H3;2H2,1H3;1-2H3;2*1H/t10-;;;;;/m0...../s1. The second-order valence-electron chi connectivity index (χ2n) is 8.22. The third-order valence-corrected chi connectivity index (χ3v) is 5.34. The predicted molar refractivity (Wildman–Crippen MR) is 150 cm³/mol. The molecule has 0 radical (unpaired) electrons. The van der Waals surface area contributed by atoms with E-state index in [-0.39, 0.29) is 26.4 Å². The first-order valence-corrected chi connectivity index (χ1v) is 12.4. The quantitative estimate of drug-likeness (QED) is 0.337. The van der Waals surface area contributed by atoms with Crippen molar-refractivity contribution in [3.8, 4) is 24.2 Å². The Labute approximate surface area is 230 Å². The van der Waals surface area contributed by atoms with Crippen LogP contribution in [-0.2, 0) is 9.59 Å². The third kappa shape index (κ3) is 10.2. The molecule has 4 rings (SSSR count). The van der Waals surface area contributed by atoms with Gasteiger partial charge in [-0.25, -0.2) is 9.97 Å². The minimum absolute atomic E-state index is 0. The van der Waals surface area contributed by atoms with E-state index in [9.17, 15) is 27.6 Å². The lowest BCUT2D eigenvalue weighted by Crippen LogP contribution is -2.45. The smallest absolute Gasteiger partial charge is 0.366 e. The molecule has 0 aliphatic carbocycles. The van der Waals surface area contributed by atoms with Crippen molar-refractivity contribution in [2.24, 2.45) is 0 Å². The van der Waals surface area contributed by atoms with Crippen molar-refractivity contribution >= 4 is 29.0 Å². The number of aromatic nitrogens is 2. The number of alkyl halides is 3. The summed E-state index contributed by atoms with van der Waals surface area (Å²) in [6, 6.07) is 7.20. The van der Waals surface area contributed by atoms with Gasteiger partial charge >= 0.3 is 6.18 Å². The van der Waals surface area contributed by atoms with Crippen molar-refractivity contribution in [1.29, 1.82) is 0 Å². The molecule has 0 unspecified atom stereocenters. The lowest BCUT2D eigenvalue weighted by Gasteiger charge is -2.35. The topological polar surface area (TPSA) is 83.5 Å². The van der Waals surface area contributed by atoms with Crippen LogP contribution in [-0.4, -0.2) is 52.7 Å². The van der Waals surface area contributed by atoms with E-state index in [1.807, 2.05) is 19.9 Å². The number of fused-ring (bicyclic) bond motifs is 4. The lowest BCUT2D eigenvalue weighted by atomic mass is 10.1. The molecule has 1 saturated heterocycles. The average molecular weight is 547 g/mol. The van der Waals surface area contributed by atoms with Crippen LogP contribution in [0.3, 0.4) is 0 Å². The largest absolute Gasteiger partial charge is 0.388 e. The van der Waals surface area contributed by atoms with Crippen LogP contribution in [0.1, 0.15) is 79.0 Å². The van der Waals surface area contributed by atoms with E-state index in [1.165, 1.54) is 13.8 Å². The number of terminal acetylenes is 1. The highest BCUT2D eigenvalue weighted by Crippen LogP contribution is 2.38. The average Bonchev–Trinajstić information content (AvgIpc) is 3.32. The molecule has 2 aliphatic rings. The molecule has 0 N–H and O–H groups in total. The van der Waals surface area contributed by atoms with E-state index in [0.717, 1.165) is 32.1 Å². The van der Waals surface area contributed by atoms with Gasteiger partial charge in [0.2, 0.25) is 11.7 Å². The summed E-state index contributed by atoms with van der Waals surface area (Å²) in [5.41, 5.74) is 2.61. The van der Waals surface area contributed by atoms with Crippen LogP contribution in [0.25, 0.3) is 0 Å². The first kappa shape index (κ1) is 32.8. The van der Waals surface area contributed by atoms with Gasteiger partial charge in [-0.05, 0) is 36.6 Å². The number of nitrogens with zero attached hydrogens (tertiary/aromatic N) is 4. The minimum Gasteiger partial charge on any atom is -0.366 e. The van der Waals surface area contributed by atoms with Crippen LogP contribution in [0.2, 0.25) is 0 Å². The highest BCUT2D eigenvalue weighted by molar-refractivity contribution is 5.99. The molecule has 10 heteroatoms. The van der Waals surface area contributed by atoms with Crippen LogP contribution >= 0.6 is 0 Å². The second-order valence-corrected chi connectivity index (χ2v) is 8.22. The fourth-order valence-corrected chi connectivity index (χ4v) is 3.56. The lowest BCUT2D eigenvalue weighted by molar-refractivity contribution is -0.130. The van der Waals surface area contributed by atoms with E-state index in [1.54, 1.807) is 36.2 Å². The Morgan fingerprint density at radius 3 is 2.31 bits per heavy atom. The SMILES string of the molecule is C#Cc1cc(C#CC(C)=O)ccn1.CC.CC(=O)c1ccc2c(n1)N(C(C)=O)[C@H]1CCN2C1.CCC(F)(F)F.[HH].[HH]. The van der Waals surface area contributed by atoms with Gasteiger partial charge in [0.1, 0.15) is 11.4 Å². The Bertz CT molecular complexity index is 1280. The normalized spacial score (nSPS) is 14.3. The summed E-state index contributed by atoms with van der Waals surface area (Å²) in [5.74, 6) is 7.90. The number of hydrogen-bond acceptors (Lipinski definition) is 6. The maximum absolute atomic E-state index is 11.8. The summed E-state index contributed by atoms with van der Waals surface area (Å²) in [6.45, 7) is 11.4. The molecule has 0 saturated carbocycles. The molecule has 1 amide bonds.